The maximum absolute atomic E-state index is 12.5. The first-order valence-electron chi connectivity index (χ1n) is 9.95. The Balaban J connectivity index is 1.28. The Kier molecular flexibility index (Phi) is 4.87. The zero-order chi connectivity index (χ0) is 17.4. The van der Waals surface area contributed by atoms with Gasteiger partial charge in [-0.2, -0.15) is 0 Å². The molecule has 1 aromatic rings. The van der Waals surface area contributed by atoms with Crippen LogP contribution < -0.4 is 5.32 Å². The Morgan fingerprint density at radius 3 is 2.44 bits per heavy atom. The summed E-state index contributed by atoms with van der Waals surface area (Å²) < 4.78 is 0. The first-order valence-corrected chi connectivity index (χ1v) is 11.1. The molecule has 4 aliphatic rings. The number of carbonyl (C=O) groups excluding carboxylic acids is 1. The van der Waals surface area contributed by atoms with Crippen LogP contribution in [0.15, 0.2) is 24.3 Å². The van der Waals surface area contributed by atoms with Crippen LogP contribution in [0, 0.1) is 30.1 Å². The maximum atomic E-state index is 12.5. The van der Waals surface area contributed by atoms with E-state index in [1.807, 2.05) is 0 Å². The van der Waals surface area contributed by atoms with E-state index in [9.17, 15) is 4.79 Å². The largest absolute Gasteiger partial charge is 0.352 e. The number of hydrogen-bond acceptors (Lipinski definition) is 2. The van der Waals surface area contributed by atoms with Gasteiger partial charge in [-0.3, -0.25) is 4.79 Å². The molecule has 1 atom stereocenters. The Bertz CT molecular complexity index is 605. The van der Waals surface area contributed by atoms with Crippen molar-refractivity contribution in [3.05, 3.63) is 35.4 Å². The van der Waals surface area contributed by atoms with Gasteiger partial charge in [0.1, 0.15) is 0 Å². The molecule has 0 radical (unpaired) electrons. The lowest BCUT2D eigenvalue weighted by molar-refractivity contribution is -0.123. The lowest BCUT2D eigenvalue weighted by Crippen LogP contribution is -2.56. The third-order valence-electron chi connectivity index (χ3n) is 6.97. The number of thioether (sulfide) groups is 1. The number of amides is 1. The molecule has 136 valence electrons. The lowest BCUT2D eigenvalue weighted by Gasteiger charge is -2.59. The fraction of sp³-hybridized carbons (Fsp3) is 0.682. The van der Waals surface area contributed by atoms with Crippen LogP contribution in [0.2, 0.25) is 0 Å². The predicted molar refractivity (Wildman–Crippen MR) is 106 cm³/mol. The Labute approximate surface area is 156 Å². The smallest absolute Gasteiger partial charge is 0.230 e. The zero-order valence-electron chi connectivity index (χ0n) is 15.6. The number of rotatable bonds is 6. The number of hydrogen-bond donors (Lipinski definition) is 1. The van der Waals surface area contributed by atoms with E-state index >= 15 is 0 Å². The van der Waals surface area contributed by atoms with Gasteiger partial charge in [0.05, 0.1) is 5.75 Å². The van der Waals surface area contributed by atoms with Crippen molar-refractivity contribution in [3.63, 3.8) is 0 Å². The first kappa shape index (κ1) is 17.5. The second-order valence-electron chi connectivity index (χ2n) is 9.05. The topological polar surface area (TPSA) is 29.1 Å². The van der Waals surface area contributed by atoms with Crippen LogP contribution >= 0.6 is 11.8 Å². The maximum Gasteiger partial charge on any atom is 0.230 e. The highest BCUT2D eigenvalue weighted by molar-refractivity contribution is 7.99. The predicted octanol–water partition coefficient (Wildman–Crippen LogP) is 4.95. The first-order chi connectivity index (χ1) is 12.0. The van der Waals surface area contributed by atoms with E-state index in [4.69, 9.17) is 0 Å². The lowest BCUT2D eigenvalue weighted by atomic mass is 9.48. The average molecular weight is 358 g/mol. The summed E-state index contributed by atoms with van der Waals surface area (Å²) in [7, 11) is 0. The molecule has 0 aliphatic heterocycles. The van der Waals surface area contributed by atoms with E-state index in [-0.39, 0.29) is 5.91 Å². The Morgan fingerprint density at radius 1 is 1.20 bits per heavy atom. The summed E-state index contributed by atoms with van der Waals surface area (Å²) in [6, 6.07) is 8.92. The third-order valence-corrected chi connectivity index (χ3v) is 7.97. The quantitative estimate of drug-likeness (QED) is 0.780. The van der Waals surface area contributed by atoms with Gasteiger partial charge in [0, 0.05) is 11.8 Å². The van der Waals surface area contributed by atoms with Crippen molar-refractivity contribution >= 4 is 17.7 Å². The van der Waals surface area contributed by atoms with Crippen LogP contribution in [0.4, 0.5) is 0 Å². The van der Waals surface area contributed by atoms with Crippen LogP contribution in [-0.2, 0) is 10.5 Å². The summed E-state index contributed by atoms with van der Waals surface area (Å²) in [6.45, 7) is 4.39. The Hall–Kier alpha value is -0.960. The van der Waals surface area contributed by atoms with Crippen molar-refractivity contribution in [3.8, 4) is 0 Å². The highest BCUT2D eigenvalue weighted by atomic mass is 32.2. The average Bonchev–Trinajstić information content (AvgIpc) is 2.53. The van der Waals surface area contributed by atoms with Gasteiger partial charge in [0.2, 0.25) is 5.91 Å². The summed E-state index contributed by atoms with van der Waals surface area (Å²) in [5.41, 5.74) is 3.01. The van der Waals surface area contributed by atoms with Gasteiger partial charge in [0.15, 0.2) is 0 Å². The summed E-state index contributed by atoms with van der Waals surface area (Å²) in [5.74, 6) is 4.55. The molecule has 4 fully saturated rings. The van der Waals surface area contributed by atoms with E-state index in [1.165, 1.54) is 49.7 Å². The summed E-state index contributed by atoms with van der Waals surface area (Å²) in [4.78, 5) is 12.5. The van der Waals surface area contributed by atoms with Crippen molar-refractivity contribution in [2.75, 3.05) is 5.75 Å². The van der Waals surface area contributed by atoms with Crippen LogP contribution in [0.25, 0.3) is 0 Å². The van der Waals surface area contributed by atoms with Gasteiger partial charge in [-0.1, -0.05) is 29.8 Å². The standard InChI is InChI=1S/C22H31NOS/c1-15-4-3-5-17(6-15)13-25-14-21(24)23-16(2)22-10-18-7-19(11-22)9-20(8-18)12-22/h3-6,16,18-20H,7-14H2,1-2H3,(H,23,24)/t16-,18?,19?,20?,22?/m0/s1. The van der Waals surface area contributed by atoms with E-state index in [0.717, 1.165) is 23.5 Å². The number of carbonyl (C=O) groups is 1. The normalized spacial score (nSPS) is 34.1. The van der Waals surface area contributed by atoms with Crippen molar-refractivity contribution in [1.29, 1.82) is 0 Å². The summed E-state index contributed by atoms with van der Waals surface area (Å²) in [6.07, 6.45) is 8.47. The minimum Gasteiger partial charge on any atom is -0.352 e. The van der Waals surface area contributed by atoms with Crippen LogP contribution in [-0.4, -0.2) is 17.7 Å². The molecule has 0 spiro atoms. The van der Waals surface area contributed by atoms with Gasteiger partial charge < -0.3 is 5.32 Å². The van der Waals surface area contributed by atoms with Gasteiger partial charge in [0.25, 0.3) is 0 Å². The second kappa shape index (κ2) is 6.98. The van der Waals surface area contributed by atoms with Crippen LogP contribution in [0.3, 0.4) is 0 Å². The molecule has 0 aromatic heterocycles. The van der Waals surface area contributed by atoms with Crippen molar-refractivity contribution < 1.29 is 4.79 Å². The fourth-order valence-electron chi connectivity index (χ4n) is 6.21. The molecule has 4 aliphatic carbocycles. The highest BCUT2D eigenvalue weighted by Crippen LogP contribution is 2.61. The SMILES string of the molecule is Cc1cccc(CSCC(=O)N[C@@H](C)C23CC4CC(CC(C4)C2)C3)c1. The molecule has 1 amide bonds. The van der Waals surface area contributed by atoms with Crippen molar-refractivity contribution in [1.82, 2.24) is 5.32 Å². The molecule has 4 saturated carbocycles. The highest BCUT2D eigenvalue weighted by Gasteiger charge is 2.53. The Morgan fingerprint density at radius 2 is 1.84 bits per heavy atom. The molecule has 1 aromatic carbocycles. The number of aryl methyl sites for hydroxylation is 1. The molecule has 4 bridgehead atoms. The molecule has 0 saturated heterocycles. The minimum atomic E-state index is 0.223. The number of nitrogens with one attached hydrogen (secondary N) is 1. The van der Waals surface area contributed by atoms with Crippen molar-refractivity contribution in [2.45, 2.75) is 64.2 Å². The van der Waals surface area contributed by atoms with Crippen molar-refractivity contribution in [2.24, 2.45) is 23.2 Å². The molecular weight excluding hydrogens is 326 g/mol. The van der Waals surface area contributed by atoms with Gasteiger partial charge in [-0.25, -0.2) is 0 Å². The molecule has 5 rings (SSSR count). The van der Waals surface area contributed by atoms with E-state index in [2.05, 4.69) is 43.4 Å². The van der Waals surface area contributed by atoms with Crippen LogP contribution in [0.5, 0.6) is 0 Å². The molecular formula is C22H31NOS. The third kappa shape index (κ3) is 3.77. The van der Waals surface area contributed by atoms with E-state index in [0.29, 0.717) is 17.2 Å². The molecule has 2 nitrogen and oxygen atoms in total. The molecule has 0 heterocycles. The van der Waals surface area contributed by atoms with Gasteiger partial charge >= 0.3 is 0 Å². The molecule has 25 heavy (non-hydrogen) atoms. The van der Waals surface area contributed by atoms with E-state index in [1.54, 1.807) is 11.8 Å². The molecule has 1 N–H and O–H groups in total. The second-order valence-corrected chi connectivity index (χ2v) is 10.0. The van der Waals surface area contributed by atoms with Crippen LogP contribution in [0.1, 0.15) is 56.6 Å². The van der Waals surface area contributed by atoms with Gasteiger partial charge in [-0.05, 0) is 81.1 Å². The minimum absolute atomic E-state index is 0.223. The van der Waals surface area contributed by atoms with Gasteiger partial charge in [-0.15, -0.1) is 11.8 Å². The fourth-order valence-corrected chi connectivity index (χ4v) is 6.99. The zero-order valence-corrected chi connectivity index (χ0v) is 16.4. The molecule has 0 unspecified atom stereocenters. The molecule has 3 heteroatoms. The monoisotopic (exact) mass is 357 g/mol. The summed E-state index contributed by atoms with van der Waals surface area (Å²) >= 11 is 1.73. The summed E-state index contributed by atoms with van der Waals surface area (Å²) in [5, 5.41) is 3.37. The number of benzene rings is 1. The van der Waals surface area contributed by atoms with E-state index < -0.39 is 0 Å².